The minimum absolute atomic E-state index is 0.0259. The SMILES string of the molecule is CCOP(=O)(O)Oc1ccc(CCNC(=O)OCc2ccccc2)cc1OCc1ccccc1. The van der Waals surface area contributed by atoms with E-state index in [-0.39, 0.29) is 25.6 Å². The smallest absolute Gasteiger partial charge is 0.485 e. The van der Waals surface area contributed by atoms with Gasteiger partial charge < -0.3 is 19.3 Å². The predicted octanol–water partition coefficient (Wildman–Crippen LogP) is 5.25. The van der Waals surface area contributed by atoms with E-state index in [0.717, 1.165) is 16.7 Å². The van der Waals surface area contributed by atoms with Crippen LogP contribution in [0.4, 0.5) is 4.79 Å². The highest BCUT2D eigenvalue weighted by Gasteiger charge is 2.24. The number of carbonyl (C=O) groups is 1. The quantitative estimate of drug-likeness (QED) is 0.338. The van der Waals surface area contributed by atoms with Crippen molar-refractivity contribution in [2.75, 3.05) is 13.2 Å². The van der Waals surface area contributed by atoms with E-state index in [9.17, 15) is 14.3 Å². The molecule has 0 saturated heterocycles. The first-order chi connectivity index (χ1) is 16.4. The first-order valence-corrected chi connectivity index (χ1v) is 12.4. The minimum atomic E-state index is -4.27. The van der Waals surface area contributed by atoms with Crippen LogP contribution in [-0.4, -0.2) is 24.1 Å². The molecule has 8 nitrogen and oxygen atoms in total. The molecule has 0 aliphatic carbocycles. The van der Waals surface area contributed by atoms with Gasteiger partial charge in [-0.05, 0) is 42.2 Å². The lowest BCUT2D eigenvalue weighted by atomic mass is 10.1. The van der Waals surface area contributed by atoms with Gasteiger partial charge in [-0.1, -0.05) is 66.7 Å². The van der Waals surface area contributed by atoms with Crippen molar-refractivity contribution in [1.82, 2.24) is 5.32 Å². The van der Waals surface area contributed by atoms with Crippen molar-refractivity contribution < 1.29 is 32.8 Å². The van der Waals surface area contributed by atoms with E-state index in [1.807, 2.05) is 60.7 Å². The third-order valence-electron chi connectivity index (χ3n) is 4.65. The summed E-state index contributed by atoms with van der Waals surface area (Å²) in [7, 11) is -4.27. The summed E-state index contributed by atoms with van der Waals surface area (Å²) in [6.45, 7) is 2.40. The van der Waals surface area contributed by atoms with E-state index in [2.05, 4.69) is 5.32 Å². The lowest BCUT2D eigenvalue weighted by molar-refractivity contribution is 0.140. The fourth-order valence-corrected chi connectivity index (χ4v) is 3.81. The van der Waals surface area contributed by atoms with Gasteiger partial charge in [-0.2, -0.15) is 0 Å². The molecule has 0 spiro atoms. The molecule has 0 aliphatic heterocycles. The normalized spacial score (nSPS) is 12.4. The number of alkyl carbamates (subject to hydrolysis) is 1. The summed E-state index contributed by atoms with van der Waals surface area (Å²) in [6.07, 6.45) is -0.0210. The maximum absolute atomic E-state index is 12.1. The van der Waals surface area contributed by atoms with Crippen LogP contribution in [0.5, 0.6) is 11.5 Å². The summed E-state index contributed by atoms with van der Waals surface area (Å²) in [4.78, 5) is 21.8. The van der Waals surface area contributed by atoms with E-state index >= 15 is 0 Å². The zero-order valence-electron chi connectivity index (χ0n) is 18.9. The van der Waals surface area contributed by atoms with Crippen LogP contribution in [0, 0.1) is 0 Å². The number of hydrogen-bond acceptors (Lipinski definition) is 6. The number of benzene rings is 3. The monoisotopic (exact) mass is 485 g/mol. The van der Waals surface area contributed by atoms with Crippen molar-refractivity contribution in [2.24, 2.45) is 0 Å². The molecule has 3 aromatic rings. The minimum Gasteiger partial charge on any atom is -0.485 e. The fraction of sp³-hybridized carbons (Fsp3) is 0.240. The van der Waals surface area contributed by atoms with Gasteiger partial charge >= 0.3 is 13.9 Å². The standard InChI is InChI=1S/C25H28NO7P/c1-2-32-34(28,29)33-23-14-13-20(17-24(23)30-18-21-9-5-3-6-10-21)15-16-26-25(27)31-19-22-11-7-4-8-12-22/h3-14,17H,2,15-16,18-19H2,1H3,(H,26,27)(H,28,29). The van der Waals surface area contributed by atoms with Crippen LogP contribution in [0.25, 0.3) is 0 Å². The van der Waals surface area contributed by atoms with Gasteiger partial charge in [-0.3, -0.25) is 9.42 Å². The lowest BCUT2D eigenvalue weighted by Gasteiger charge is -2.17. The average Bonchev–Trinajstić information content (AvgIpc) is 2.84. The van der Waals surface area contributed by atoms with Gasteiger partial charge in [0.15, 0.2) is 11.5 Å². The number of phosphoric acid groups is 1. The predicted molar refractivity (Wildman–Crippen MR) is 128 cm³/mol. The molecule has 9 heteroatoms. The summed E-state index contributed by atoms with van der Waals surface area (Å²) in [5.41, 5.74) is 2.67. The number of rotatable bonds is 12. The summed E-state index contributed by atoms with van der Waals surface area (Å²) >= 11 is 0. The van der Waals surface area contributed by atoms with Gasteiger partial charge in [0, 0.05) is 6.54 Å². The number of nitrogens with one attached hydrogen (secondary N) is 1. The van der Waals surface area contributed by atoms with Gasteiger partial charge in [0.2, 0.25) is 0 Å². The van der Waals surface area contributed by atoms with Crippen molar-refractivity contribution in [3.05, 3.63) is 95.6 Å². The van der Waals surface area contributed by atoms with Crippen molar-refractivity contribution >= 4 is 13.9 Å². The largest absolute Gasteiger partial charge is 0.527 e. The Kier molecular flexibility index (Phi) is 9.52. The highest BCUT2D eigenvalue weighted by Crippen LogP contribution is 2.46. The number of hydrogen-bond donors (Lipinski definition) is 2. The summed E-state index contributed by atoms with van der Waals surface area (Å²) in [6, 6.07) is 23.9. The molecule has 3 rings (SSSR count). The van der Waals surface area contributed by atoms with Crippen molar-refractivity contribution in [2.45, 2.75) is 26.6 Å². The molecule has 34 heavy (non-hydrogen) atoms. The molecule has 0 aromatic heterocycles. The molecule has 1 unspecified atom stereocenters. The van der Waals surface area contributed by atoms with Gasteiger partial charge in [0.1, 0.15) is 13.2 Å². The van der Waals surface area contributed by atoms with Gasteiger partial charge in [-0.25, -0.2) is 9.36 Å². The van der Waals surface area contributed by atoms with Crippen LogP contribution in [0.3, 0.4) is 0 Å². The van der Waals surface area contributed by atoms with Crippen LogP contribution in [0.15, 0.2) is 78.9 Å². The zero-order valence-corrected chi connectivity index (χ0v) is 19.8. The molecule has 0 radical (unpaired) electrons. The zero-order chi connectivity index (χ0) is 24.2. The second kappa shape index (κ2) is 12.8. The van der Waals surface area contributed by atoms with Crippen LogP contribution in [0.2, 0.25) is 0 Å². The van der Waals surface area contributed by atoms with E-state index in [1.54, 1.807) is 25.1 Å². The number of phosphoric ester groups is 1. The first-order valence-electron chi connectivity index (χ1n) is 10.9. The highest BCUT2D eigenvalue weighted by atomic mass is 31.2. The van der Waals surface area contributed by atoms with Crippen LogP contribution in [-0.2, 0) is 33.5 Å². The van der Waals surface area contributed by atoms with E-state index < -0.39 is 13.9 Å². The van der Waals surface area contributed by atoms with E-state index in [1.165, 1.54) is 0 Å². The van der Waals surface area contributed by atoms with Crippen LogP contribution < -0.4 is 14.6 Å². The van der Waals surface area contributed by atoms with Gasteiger partial charge in [-0.15, -0.1) is 0 Å². The number of carbonyl (C=O) groups excluding carboxylic acids is 1. The molecule has 1 atom stereocenters. The molecular formula is C25H28NO7P. The van der Waals surface area contributed by atoms with E-state index in [4.69, 9.17) is 18.5 Å². The molecule has 0 fully saturated rings. The molecule has 0 saturated carbocycles. The molecule has 2 N–H and O–H groups in total. The maximum atomic E-state index is 12.1. The van der Waals surface area contributed by atoms with Crippen LogP contribution in [0.1, 0.15) is 23.6 Å². The number of ether oxygens (including phenoxy) is 2. The van der Waals surface area contributed by atoms with Crippen LogP contribution >= 0.6 is 7.82 Å². The van der Waals surface area contributed by atoms with Crippen molar-refractivity contribution in [3.63, 3.8) is 0 Å². The molecule has 3 aromatic carbocycles. The third kappa shape index (κ3) is 8.56. The molecule has 0 heterocycles. The Morgan fingerprint density at radius 2 is 1.53 bits per heavy atom. The Morgan fingerprint density at radius 3 is 2.18 bits per heavy atom. The molecular weight excluding hydrogens is 457 g/mol. The maximum Gasteiger partial charge on any atom is 0.527 e. The molecule has 0 bridgehead atoms. The number of amides is 1. The van der Waals surface area contributed by atoms with E-state index in [0.29, 0.717) is 18.7 Å². The summed E-state index contributed by atoms with van der Waals surface area (Å²) in [5.74, 6) is 0.385. The Hall–Kier alpha value is -3.32. The third-order valence-corrected chi connectivity index (χ3v) is 5.66. The lowest BCUT2D eigenvalue weighted by Crippen LogP contribution is -2.26. The Balaban J connectivity index is 1.60. The molecule has 1 amide bonds. The average molecular weight is 485 g/mol. The summed E-state index contributed by atoms with van der Waals surface area (Å²) < 4.78 is 33.2. The topological polar surface area (TPSA) is 103 Å². The van der Waals surface area contributed by atoms with Crippen molar-refractivity contribution in [3.8, 4) is 11.5 Å². The second-order valence-corrected chi connectivity index (χ2v) is 8.65. The second-order valence-electron chi connectivity index (χ2n) is 7.27. The molecule has 180 valence electrons. The first kappa shape index (κ1) is 25.3. The van der Waals surface area contributed by atoms with Crippen molar-refractivity contribution in [1.29, 1.82) is 0 Å². The van der Waals surface area contributed by atoms with Gasteiger partial charge in [0.25, 0.3) is 0 Å². The van der Waals surface area contributed by atoms with Gasteiger partial charge in [0.05, 0.1) is 6.61 Å². The Morgan fingerprint density at radius 1 is 0.882 bits per heavy atom. The Labute approximate surface area is 199 Å². The molecule has 0 aliphatic rings. The summed E-state index contributed by atoms with van der Waals surface area (Å²) in [5, 5.41) is 2.71. The Bertz CT molecular complexity index is 1090. The fourth-order valence-electron chi connectivity index (χ4n) is 3.03. The highest BCUT2D eigenvalue weighted by molar-refractivity contribution is 7.47.